The molecule has 3 rings (SSSR count). The van der Waals surface area contributed by atoms with Gasteiger partial charge in [-0.3, -0.25) is 9.69 Å². The molecule has 0 bridgehead atoms. The predicted octanol–water partition coefficient (Wildman–Crippen LogP) is 2.01. The lowest BCUT2D eigenvalue weighted by Crippen LogP contribution is -2.30. The number of amides is 1. The summed E-state index contributed by atoms with van der Waals surface area (Å²) in [4.78, 5) is 17.9. The second-order valence-corrected chi connectivity index (χ2v) is 6.39. The number of carbonyl (C=O) groups excluding carboxylic acids is 1. The van der Waals surface area contributed by atoms with Gasteiger partial charge in [-0.25, -0.2) is 9.37 Å². The fourth-order valence-corrected chi connectivity index (χ4v) is 3.09. The first-order valence-corrected chi connectivity index (χ1v) is 8.40. The Hall–Kier alpha value is -2.31. The van der Waals surface area contributed by atoms with Crippen molar-refractivity contribution in [2.24, 2.45) is 11.7 Å². The molecule has 2 N–H and O–H groups in total. The first kappa shape index (κ1) is 17.5. The Balaban J connectivity index is 1.64. The highest BCUT2D eigenvalue weighted by Crippen LogP contribution is 2.16. The Morgan fingerprint density at radius 3 is 2.84 bits per heavy atom. The van der Waals surface area contributed by atoms with Crippen LogP contribution in [0, 0.1) is 11.7 Å². The topological polar surface area (TPSA) is 68.5 Å². The third-order valence-corrected chi connectivity index (χ3v) is 4.30. The minimum absolute atomic E-state index is 0.221. The number of rotatable bonds is 5. The van der Waals surface area contributed by atoms with Gasteiger partial charge >= 0.3 is 0 Å². The molecule has 1 saturated heterocycles. The van der Waals surface area contributed by atoms with E-state index in [0.717, 1.165) is 37.3 Å². The molecule has 2 aromatic rings. The van der Waals surface area contributed by atoms with E-state index in [4.69, 9.17) is 10.5 Å². The molecule has 1 amide bonds. The molecule has 1 aliphatic rings. The average molecular weight is 343 g/mol. The van der Waals surface area contributed by atoms with Gasteiger partial charge in [-0.15, -0.1) is 0 Å². The van der Waals surface area contributed by atoms with Crippen LogP contribution in [-0.2, 0) is 17.7 Å². The molecule has 132 valence electrons. The van der Waals surface area contributed by atoms with Crippen LogP contribution < -0.4 is 5.73 Å². The molecule has 1 fully saturated rings. The molecule has 1 atom stereocenters. The molecule has 0 aliphatic carbocycles. The van der Waals surface area contributed by atoms with E-state index in [1.54, 1.807) is 12.1 Å². The van der Waals surface area contributed by atoms with E-state index in [9.17, 15) is 9.18 Å². The monoisotopic (exact) mass is 343 g/mol. The van der Waals surface area contributed by atoms with Crippen molar-refractivity contribution in [1.82, 2.24) is 9.88 Å². The van der Waals surface area contributed by atoms with Gasteiger partial charge in [0.1, 0.15) is 11.5 Å². The van der Waals surface area contributed by atoms with Crippen LogP contribution in [0.15, 0.2) is 42.5 Å². The number of ether oxygens (including phenoxy) is 1. The lowest BCUT2D eigenvalue weighted by Gasteiger charge is -2.23. The van der Waals surface area contributed by atoms with E-state index in [2.05, 4.69) is 9.88 Å². The number of benzene rings is 1. The van der Waals surface area contributed by atoms with Crippen molar-refractivity contribution in [3.63, 3.8) is 0 Å². The van der Waals surface area contributed by atoms with Gasteiger partial charge in [-0.1, -0.05) is 18.2 Å². The van der Waals surface area contributed by atoms with Crippen molar-refractivity contribution in [1.29, 1.82) is 0 Å². The van der Waals surface area contributed by atoms with Crippen molar-refractivity contribution in [3.05, 3.63) is 65.2 Å². The van der Waals surface area contributed by atoms with Gasteiger partial charge in [0, 0.05) is 31.2 Å². The lowest BCUT2D eigenvalue weighted by molar-refractivity contribution is 0.0995. The highest BCUT2D eigenvalue weighted by Gasteiger charge is 2.20. The summed E-state index contributed by atoms with van der Waals surface area (Å²) in [7, 11) is 0. The van der Waals surface area contributed by atoms with Gasteiger partial charge in [0.2, 0.25) is 0 Å². The van der Waals surface area contributed by atoms with E-state index in [-0.39, 0.29) is 17.4 Å². The van der Waals surface area contributed by atoms with Crippen LogP contribution in [0.1, 0.15) is 21.7 Å². The quantitative estimate of drug-likeness (QED) is 0.902. The van der Waals surface area contributed by atoms with E-state index < -0.39 is 5.91 Å². The maximum atomic E-state index is 13.1. The first-order valence-electron chi connectivity index (χ1n) is 8.40. The van der Waals surface area contributed by atoms with Crippen LogP contribution in [0.25, 0.3) is 0 Å². The highest BCUT2D eigenvalue weighted by atomic mass is 19.1. The van der Waals surface area contributed by atoms with Crippen molar-refractivity contribution in [2.75, 3.05) is 26.3 Å². The van der Waals surface area contributed by atoms with Crippen LogP contribution >= 0.6 is 0 Å². The molecule has 0 unspecified atom stereocenters. The summed E-state index contributed by atoms with van der Waals surface area (Å²) in [6.07, 6.45) is 0.723. The SMILES string of the molecule is NC(=O)c1cccc(C[C@H]2COCCN(Cc3ccc(F)cc3)C2)n1. The van der Waals surface area contributed by atoms with E-state index >= 15 is 0 Å². The highest BCUT2D eigenvalue weighted by molar-refractivity contribution is 5.90. The van der Waals surface area contributed by atoms with Crippen molar-refractivity contribution >= 4 is 5.91 Å². The third-order valence-electron chi connectivity index (χ3n) is 4.30. The standard InChI is InChI=1S/C19H22FN3O2/c20-16-6-4-14(5-7-16)11-23-8-9-25-13-15(12-23)10-17-2-1-3-18(22-17)19(21)24/h1-7,15H,8-13H2,(H2,21,24)/t15-/m1/s1. The minimum atomic E-state index is -0.517. The normalized spacial score (nSPS) is 18.7. The maximum Gasteiger partial charge on any atom is 0.267 e. The second kappa shape index (κ2) is 8.18. The number of nitrogens with zero attached hydrogens (tertiary/aromatic N) is 2. The van der Waals surface area contributed by atoms with Gasteiger partial charge in [-0.05, 0) is 36.2 Å². The van der Waals surface area contributed by atoms with E-state index in [0.29, 0.717) is 13.2 Å². The Morgan fingerprint density at radius 2 is 2.08 bits per heavy atom. The van der Waals surface area contributed by atoms with Gasteiger partial charge in [0.05, 0.1) is 13.2 Å². The number of carbonyl (C=O) groups is 1. The zero-order valence-corrected chi connectivity index (χ0v) is 14.0. The molecule has 6 heteroatoms. The summed E-state index contributed by atoms with van der Waals surface area (Å²) in [5.74, 6) is -0.461. The molecule has 25 heavy (non-hydrogen) atoms. The third kappa shape index (κ3) is 5.08. The molecular formula is C19H22FN3O2. The van der Waals surface area contributed by atoms with Gasteiger partial charge in [0.25, 0.3) is 5.91 Å². The summed E-state index contributed by atoms with van der Waals surface area (Å²) >= 11 is 0. The van der Waals surface area contributed by atoms with Gasteiger partial charge in [0.15, 0.2) is 0 Å². The molecule has 0 saturated carbocycles. The Bertz CT molecular complexity index is 721. The summed E-state index contributed by atoms with van der Waals surface area (Å²) in [6.45, 7) is 3.78. The van der Waals surface area contributed by atoms with Crippen molar-refractivity contribution in [2.45, 2.75) is 13.0 Å². The zero-order chi connectivity index (χ0) is 17.6. The first-order chi connectivity index (χ1) is 12.1. The Labute approximate surface area is 146 Å². The summed E-state index contributed by atoms with van der Waals surface area (Å²) in [6, 6.07) is 11.9. The van der Waals surface area contributed by atoms with Crippen LogP contribution in [0.2, 0.25) is 0 Å². The lowest BCUT2D eigenvalue weighted by atomic mass is 10.0. The average Bonchev–Trinajstić information content (AvgIpc) is 2.82. The van der Waals surface area contributed by atoms with Gasteiger partial charge in [-0.2, -0.15) is 0 Å². The molecule has 0 spiro atoms. The fraction of sp³-hybridized carbons (Fsp3) is 0.368. The zero-order valence-electron chi connectivity index (χ0n) is 14.0. The van der Waals surface area contributed by atoms with Crippen LogP contribution in [0.4, 0.5) is 4.39 Å². The molecular weight excluding hydrogens is 321 g/mol. The van der Waals surface area contributed by atoms with Crippen LogP contribution in [0.3, 0.4) is 0 Å². The molecule has 1 aliphatic heterocycles. The van der Waals surface area contributed by atoms with Crippen molar-refractivity contribution in [3.8, 4) is 0 Å². The fourth-order valence-electron chi connectivity index (χ4n) is 3.09. The minimum Gasteiger partial charge on any atom is -0.380 e. The predicted molar refractivity (Wildman–Crippen MR) is 92.4 cm³/mol. The number of nitrogens with two attached hydrogens (primary N) is 1. The molecule has 2 heterocycles. The van der Waals surface area contributed by atoms with E-state index in [1.807, 2.05) is 18.2 Å². The number of pyridine rings is 1. The molecule has 1 aromatic carbocycles. The smallest absolute Gasteiger partial charge is 0.267 e. The summed E-state index contributed by atoms with van der Waals surface area (Å²) < 4.78 is 18.8. The number of hydrogen-bond donors (Lipinski definition) is 1. The molecule has 0 radical (unpaired) electrons. The summed E-state index contributed by atoms with van der Waals surface area (Å²) in [5.41, 5.74) is 7.51. The number of halogens is 1. The second-order valence-electron chi connectivity index (χ2n) is 6.39. The Kier molecular flexibility index (Phi) is 5.73. The van der Waals surface area contributed by atoms with Crippen LogP contribution in [-0.4, -0.2) is 42.1 Å². The van der Waals surface area contributed by atoms with Crippen molar-refractivity contribution < 1.29 is 13.9 Å². The molecule has 1 aromatic heterocycles. The van der Waals surface area contributed by atoms with Crippen LogP contribution in [0.5, 0.6) is 0 Å². The van der Waals surface area contributed by atoms with Gasteiger partial charge < -0.3 is 10.5 Å². The largest absolute Gasteiger partial charge is 0.380 e. The number of hydrogen-bond acceptors (Lipinski definition) is 4. The molecule has 5 nitrogen and oxygen atoms in total. The van der Waals surface area contributed by atoms with E-state index in [1.165, 1.54) is 12.1 Å². The Morgan fingerprint density at radius 1 is 1.28 bits per heavy atom. The maximum absolute atomic E-state index is 13.1. The number of primary amides is 1. The summed E-state index contributed by atoms with van der Waals surface area (Å²) in [5, 5.41) is 0. The number of aromatic nitrogens is 1.